The Morgan fingerprint density at radius 1 is 0.500 bits per heavy atom. The van der Waals surface area contributed by atoms with Crippen molar-refractivity contribution in [3.05, 3.63) is 137 Å². The van der Waals surface area contributed by atoms with E-state index in [1.807, 2.05) is 0 Å². The summed E-state index contributed by atoms with van der Waals surface area (Å²) in [6.45, 7) is 20.1. The number of anilines is 3. The van der Waals surface area contributed by atoms with Crippen LogP contribution in [-0.4, -0.2) is 0 Å². The molecule has 4 fully saturated rings. The monoisotopic (exact) mass is 779 g/mol. The van der Waals surface area contributed by atoms with Crippen LogP contribution >= 0.6 is 11.8 Å². The van der Waals surface area contributed by atoms with Crippen molar-refractivity contribution in [1.29, 1.82) is 0 Å². The van der Waals surface area contributed by atoms with Crippen molar-refractivity contribution in [2.45, 2.75) is 144 Å². The van der Waals surface area contributed by atoms with Crippen molar-refractivity contribution >= 4 is 28.8 Å². The normalized spacial score (nSPS) is 31.5. The second kappa shape index (κ2) is 11.5. The quantitative estimate of drug-likeness (QED) is 0.179. The molecular formula is C56H61NS. The van der Waals surface area contributed by atoms with Crippen LogP contribution in [0.15, 0.2) is 113 Å². The van der Waals surface area contributed by atoms with E-state index in [2.05, 4.69) is 175 Å². The molecule has 0 radical (unpaired) electrons. The van der Waals surface area contributed by atoms with E-state index < -0.39 is 0 Å². The lowest BCUT2D eigenvalue weighted by molar-refractivity contribution is -0.234. The van der Waals surface area contributed by atoms with E-state index in [1.165, 1.54) is 100 Å². The first-order valence-corrected chi connectivity index (χ1v) is 23.6. The fourth-order valence-corrected chi connectivity index (χ4v) is 16.7. The van der Waals surface area contributed by atoms with Gasteiger partial charge in [0.1, 0.15) is 0 Å². The van der Waals surface area contributed by atoms with Crippen molar-refractivity contribution in [3.63, 3.8) is 0 Å². The predicted molar refractivity (Wildman–Crippen MR) is 243 cm³/mol. The van der Waals surface area contributed by atoms with Gasteiger partial charge >= 0.3 is 0 Å². The van der Waals surface area contributed by atoms with E-state index in [0.29, 0.717) is 5.41 Å². The number of hydrogen-bond acceptors (Lipinski definition) is 2. The molecule has 1 nitrogen and oxygen atoms in total. The molecule has 0 amide bonds. The zero-order valence-corrected chi connectivity index (χ0v) is 37.0. The van der Waals surface area contributed by atoms with Gasteiger partial charge in [0.2, 0.25) is 0 Å². The summed E-state index contributed by atoms with van der Waals surface area (Å²) in [6, 6.07) is 41.0. The maximum atomic E-state index is 2.83. The van der Waals surface area contributed by atoms with Crippen molar-refractivity contribution in [2.75, 3.05) is 4.90 Å². The molecule has 6 atom stereocenters. The molecule has 5 aromatic carbocycles. The lowest BCUT2D eigenvalue weighted by Crippen LogP contribution is -2.74. The van der Waals surface area contributed by atoms with Gasteiger partial charge in [0.15, 0.2) is 0 Å². The zero-order chi connectivity index (χ0) is 39.8. The number of nitrogens with zero attached hydrogens (tertiary/aromatic N) is 1. The number of fused-ring (bicyclic) bond motifs is 9. The third-order valence-corrected chi connectivity index (χ3v) is 19.2. The fraction of sp³-hybridized carbons (Fsp3) is 0.464. The van der Waals surface area contributed by atoms with Gasteiger partial charge < -0.3 is 4.90 Å². The number of rotatable bonds is 4. The highest BCUT2D eigenvalue weighted by molar-refractivity contribution is 7.99. The van der Waals surface area contributed by atoms with E-state index in [4.69, 9.17) is 0 Å². The standard InChI is InChI=1S/C56H61NS/c1-51(2)26-28-53(5,6)48-38(51)19-13-22-41(48)57(42-23-14-20-39-49(42)54(7,8)29-27-52(39,3)4)43-24-15-21-40-50(43)58-44-25-12-18-37(35-16-10-9-11-17-35)47(44)56(40)45-31-34-30-36-32-46(56)55(36,45)33-34/h9-25,34,36,45-46H,26-33H2,1-8H3. The Morgan fingerprint density at radius 3 is 1.67 bits per heavy atom. The van der Waals surface area contributed by atoms with Crippen LogP contribution in [-0.2, 0) is 27.1 Å². The van der Waals surface area contributed by atoms with Crippen molar-refractivity contribution in [2.24, 2.45) is 29.1 Å². The van der Waals surface area contributed by atoms with Gasteiger partial charge in [-0.2, -0.15) is 0 Å². The van der Waals surface area contributed by atoms with Crippen LogP contribution in [0.4, 0.5) is 17.1 Å². The van der Waals surface area contributed by atoms with Crippen LogP contribution in [0.1, 0.15) is 140 Å². The Bertz CT molecular complexity index is 2480. The average molecular weight is 780 g/mol. The summed E-state index contributed by atoms with van der Waals surface area (Å²) in [7, 11) is 0. The highest BCUT2D eigenvalue weighted by Crippen LogP contribution is 2.89. The molecule has 12 rings (SSSR count). The Labute approximate surface area is 352 Å². The molecular weight excluding hydrogens is 719 g/mol. The van der Waals surface area contributed by atoms with Gasteiger partial charge in [-0.25, -0.2) is 0 Å². The Hall–Kier alpha value is -3.75. The van der Waals surface area contributed by atoms with Gasteiger partial charge in [0, 0.05) is 15.2 Å². The molecule has 4 saturated carbocycles. The summed E-state index contributed by atoms with van der Waals surface area (Å²) in [4.78, 5) is 5.83. The summed E-state index contributed by atoms with van der Waals surface area (Å²) in [5.41, 5.74) is 17.4. The first-order chi connectivity index (χ1) is 27.7. The highest BCUT2D eigenvalue weighted by atomic mass is 32.2. The molecule has 6 aliphatic carbocycles. The lowest BCUT2D eigenvalue weighted by Gasteiger charge is -2.78. The van der Waals surface area contributed by atoms with Crippen LogP contribution in [0.2, 0.25) is 0 Å². The highest BCUT2D eigenvalue weighted by Gasteiger charge is 2.84. The summed E-state index contributed by atoms with van der Waals surface area (Å²) < 4.78 is 0. The minimum absolute atomic E-state index is 0.0461. The van der Waals surface area contributed by atoms with Crippen molar-refractivity contribution in [3.8, 4) is 11.1 Å². The molecule has 0 saturated heterocycles. The van der Waals surface area contributed by atoms with Crippen LogP contribution < -0.4 is 4.90 Å². The van der Waals surface area contributed by atoms with Gasteiger partial charge in [0.05, 0.1) is 17.1 Å². The summed E-state index contributed by atoms with van der Waals surface area (Å²) in [5.74, 6) is 3.30. The summed E-state index contributed by atoms with van der Waals surface area (Å²) >= 11 is 2.09. The molecule has 296 valence electrons. The van der Waals surface area contributed by atoms with Crippen LogP contribution in [0.5, 0.6) is 0 Å². The van der Waals surface area contributed by atoms with Gasteiger partial charge in [-0.3, -0.25) is 0 Å². The van der Waals surface area contributed by atoms with Crippen LogP contribution in [0.25, 0.3) is 11.1 Å². The molecule has 6 unspecified atom stereocenters. The Balaban J connectivity index is 1.17. The molecule has 5 aromatic rings. The molecule has 2 spiro atoms. The third-order valence-electron chi connectivity index (χ3n) is 18.1. The second-order valence-corrected chi connectivity index (χ2v) is 23.7. The summed E-state index contributed by atoms with van der Waals surface area (Å²) in [5, 5.41) is 0. The smallest absolute Gasteiger partial charge is 0.0604 e. The van der Waals surface area contributed by atoms with E-state index >= 15 is 0 Å². The molecule has 2 bridgehead atoms. The van der Waals surface area contributed by atoms with E-state index in [9.17, 15) is 0 Å². The molecule has 2 heteroatoms. The number of hydrogen-bond donors (Lipinski definition) is 0. The minimum Gasteiger partial charge on any atom is -0.309 e. The van der Waals surface area contributed by atoms with Gasteiger partial charge in [-0.1, -0.05) is 146 Å². The molecule has 1 aliphatic heterocycles. The topological polar surface area (TPSA) is 3.24 Å². The SMILES string of the molecule is CC1(C)CCC(C)(C)c2c(N(c3cccc4c3Sc3cccc(-c5ccccc5)c3C43C4CC5CC6CC3C64C5)c3cccc4c3C(C)(C)CCC4(C)C)cccc21. The van der Waals surface area contributed by atoms with E-state index in [1.54, 1.807) is 22.3 Å². The van der Waals surface area contributed by atoms with Gasteiger partial charge in [0.25, 0.3) is 0 Å². The molecule has 58 heavy (non-hydrogen) atoms. The van der Waals surface area contributed by atoms with Crippen molar-refractivity contribution in [1.82, 2.24) is 0 Å². The minimum atomic E-state index is 0.0461. The molecule has 0 aromatic heterocycles. The summed E-state index contributed by atoms with van der Waals surface area (Å²) in [6.07, 6.45) is 10.6. The van der Waals surface area contributed by atoms with E-state index in [0.717, 1.165) is 23.7 Å². The zero-order valence-electron chi connectivity index (χ0n) is 36.1. The number of benzene rings is 5. The molecule has 1 heterocycles. The predicted octanol–water partition coefficient (Wildman–Crippen LogP) is 15.3. The van der Waals surface area contributed by atoms with Crippen molar-refractivity contribution < 1.29 is 0 Å². The largest absolute Gasteiger partial charge is 0.309 e. The Kier molecular flexibility index (Phi) is 7.19. The van der Waals surface area contributed by atoms with Crippen LogP contribution in [0.3, 0.4) is 0 Å². The van der Waals surface area contributed by atoms with E-state index in [-0.39, 0.29) is 27.1 Å². The maximum absolute atomic E-state index is 2.83. The first-order valence-electron chi connectivity index (χ1n) is 22.8. The van der Waals surface area contributed by atoms with Crippen LogP contribution in [0, 0.1) is 29.1 Å². The Morgan fingerprint density at radius 2 is 1.05 bits per heavy atom. The third kappa shape index (κ3) is 4.37. The second-order valence-electron chi connectivity index (χ2n) is 22.6. The average Bonchev–Trinajstić information content (AvgIpc) is 3.74. The molecule has 7 aliphatic rings. The lowest BCUT2D eigenvalue weighted by atomic mass is 9.26. The fourth-order valence-electron chi connectivity index (χ4n) is 15.4. The first kappa shape index (κ1) is 36.1. The molecule has 0 N–H and O–H groups in total. The van der Waals surface area contributed by atoms with Gasteiger partial charge in [-0.05, 0) is 171 Å². The van der Waals surface area contributed by atoms with Gasteiger partial charge in [-0.15, -0.1) is 0 Å². The maximum Gasteiger partial charge on any atom is 0.0604 e.